The van der Waals surface area contributed by atoms with Gasteiger partial charge in [0.05, 0.1) is 11.4 Å². The first-order valence-corrected chi connectivity index (χ1v) is 7.80. The highest BCUT2D eigenvalue weighted by Crippen LogP contribution is 2.28. The van der Waals surface area contributed by atoms with E-state index in [0.717, 1.165) is 27.7 Å². The molecule has 0 atom stereocenters. The Labute approximate surface area is 128 Å². The van der Waals surface area contributed by atoms with E-state index in [-0.39, 0.29) is 0 Å². The zero-order chi connectivity index (χ0) is 14.7. The molecule has 0 saturated heterocycles. The van der Waals surface area contributed by atoms with Crippen molar-refractivity contribution < 1.29 is 0 Å². The zero-order valence-electron chi connectivity index (χ0n) is 11.9. The number of para-hydroxylation sites is 1. The lowest BCUT2D eigenvalue weighted by molar-refractivity contribution is 0.859. The van der Waals surface area contributed by atoms with Crippen molar-refractivity contribution in [3.63, 3.8) is 0 Å². The summed E-state index contributed by atoms with van der Waals surface area (Å²) in [6.45, 7) is 2.05. The lowest BCUT2D eigenvalue weighted by Gasteiger charge is -2.05. The first-order chi connectivity index (χ1) is 10.2. The molecular weight excluding hydrogens is 278 g/mol. The molecule has 3 aromatic rings. The fourth-order valence-electron chi connectivity index (χ4n) is 2.11. The third-order valence-corrected chi connectivity index (χ3v) is 4.33. The predicted octanol–water partition coefficient (Wildman–Crippen LogP) is 4.06. The van der Waals surface area contributed by atoms with Crippen molar-refractivity contribution in [1.29, 1.82) is 0 Å². The molecule has 0 radical (unpaired) electrons. The van der Waals surface area contributed by atoms with Crippen LogP contribution in [0.4, 0.5) is 5.69 Å². The average Bonchev–Trinajstić information content (AvgIpc) is 2.96. The number of nitrogens with two attached hydrogens (primary N) is 1. The van der Waals surface area contributed by atoms with Crippen LogP contribution in [0.2, 0.25) is 0 Å². The molecule has 1 aromatic heterocycles. The SMILES string of the molecule is Cc1ccc(SCc2ccn(-c3ccccc3)n2)c(N)c1. The van der Waals surface area contributed by atoms with Crippen LogP contribution < -0.4 is 5.73 Å². The molecule has 0 spiro atoms. The van der Waals surface area contributed by atoms with E-state index in [2.05, 4.69) is 17.2 Å². The first-order valence-electron chi connectivity index (χ1n) is 6.81. The summed E-state index contributed by atoms with van der Waals surface area (Å²) in [5, 5.41) is 4.60. The lowest BCUT2D eigenvalue weighted by atomic mass is 10.2. The van der Waals surface area contributed by atoms with Gasteiger partial charge in [-0.15, -0.1) is 11.8 Å². The first kappa shape index (κ1) is 13.8. The number of aromatic nitrogens is 2. The zero-order valence-corrected chi connectivity index (χ0v) is 12.7. The Bertz CT molecular complexity index is 735. The molecule has 0 saturated carbocycles. The Morgan fingerprint density at radius 1 is 1.10 bits per heavy atom. The summed E-state index contributed by atoms with van der Waals surface area (Å²) in [7, 11) is 0. The van der Waals surface area contributed by atoms with Crippen molar-refractivity contribution in [3.8, 4) is 5.69 Å². The number of nitrogens with zero attached hydrogens (tertiary/aromatic N) is 2. The smallest absolute Gasteiger partial charge is 0.0731 e. The Morgan fingerprint density at radius 3 is 2.67 bits per heavy atom. The number of hydrogen-bond donors (Lipinski definition) is 1. The summed E-state index contributed by atoms with van der Waals surface area (Å²) >= 11 is 1.72. The van der Waals surface area contributed by atoms with E-state index >= 15 is 0 Å². The van der Waals surface area contributed by atoms with Crippen molar-refractivity contribution in [2.75, 3.05) is 5.73 Å². The van der Waals surface area contributed by atoms with Crippen molar-refractivity contribution in [3.05, 3.63) is 72.1 Å². The number of benzene rings is 2. The monoisotopic (exact) mass is 295 g/mol. The van der Waals surface area contributed by atoms with Crippen LogP contribution >= 0.6 is 11.8 Å². The summed E-state index contributed by atoms with van der Waals surface area (Å²) in [4.78, 5) is 1.11. The summed E-state index contributed by atoms with van der Waals surface area (Å²) < 4.78 is 1.90. The number of aryl methyl sites for hydroxylation is 1. The molecule has 2 aromatic carbocycles. The highest BCUT2D eigenvalue weighted by molar-refractivity contribution is 7.98. The molecule has 21 heavy (non-hydrogen) atoms. The van der Waals surface area contributed by atoms with Gasteiger partial charge in [-0.1, -0.05) is 24.3 Å². The Morgan fingerprint density at radius 2 is 1.90 bits per heavy atom. The number of anilines is 1. The molecule has 0 aliphatic heterocycles. The van der Waals surface area contributed by atoms with Gasteiger partial charge >= 0.3 is 0 Å². The fraction of sp³-hybridized carbons (Fsp3) is 0.118. The summed E-state index contributed by atoms with van der Waals surface area (Å²) in [6.07, 6.45) is 1.99. The molecule has 3 nitrogen and oxygen atoms in total. The van der Waals surface area contributed by atoms with Gasteiger partial charge in [0.2, 0.25) is 0 Å². The normalized spacial score (nSPS) is 10.7. The molecular formula is C17H17N3S. The largest absolute Gasteiger partial charge is 0.398 e. The number of thioether (sulfide) groups is 1. The average molecular weight is 295 g/mol. The third kappa shape index (κ3) is 3.28. The van der Waals surface area contributed by atoms with Gasteiger partial charge in [0.15, 0.2) is 0 Å². The quantitative estimate of drug-likeness (QED) is 0.583. The van der Waals surface area contributed by atoms with Crippen LogP contribution in [-0.2, 0) is 5.75 Å². The summed E-state index contributed by atoms with van der Waals surface area (Å²) in [5.41, 5.74) is 10.2. The van der Waals surface area contributed by atoms with Gasteiger partial charge in [-0.3, -0.25) is 0 Å². The topological polar surface area (TPSA) is 43.8 Å². The van der Waals surface area contributed by atoms with Gasteiger partial charge < -0.3 is 5.73 Å². The molecule has 3 rings (SSSR count). The number of nitrogen functional groups attached to an aromatic ring is 1. The van der Waals surface area contributed by atoms with Gasteiger partial charge in [0.1, 0.15) is 0 Å². The van der Waals surface area contributed by atoms with Crippen molar-refractivity contribution in [2.45, 2.75) is 17.6 Å². The van der Waals surface area contributed by atoms with E-state index in [1.165, 1.54) is 5.56 Å². The molecule has 0 unspecified atom stereocenters. The Balaban J connectivity index is 1.70. The van der Waals surface area contributed by atoms with E-state index in [1.807, 2.05) is 60.3 Å². The Kier molecular flexibility index (Phi) is 3.97. The molecule has 106 valence electrons. The van der Waals surface area contributed by atoms with Crippen molar-refractivity contribution in [1.82, 2.24) is 9.78 Å². The van der Waals surface area contributed by atoms with Crippen LogP contribution in [0.25, 0.3) is 5.69 Å². The lowest BCUT2D eigenvalue weighted by Crippen LogP contribution is -1.95. The summed E-state index contributed by atoms with van der Waals surface area (Å²) in [5.74, 6) is 0.813. The molecule has 0 bridgehead atoms. The minimum atomic E-state index is 0.813. The van der Waals surface area contributed by atoms with Gasteiger partial charge in [0, 0.05) is 22.5 Å². The van der Waals surface area contributed by atoms with Gasteiger partial charge in [-0.05, 0) is 42.8 Å². The number of rotatable bonds is 4. The van der Waals surface area contributed by atoms with E-state index in [4.69, 9.17) is 5.73 Å². The van der Waals surface area contributed by atoms with Crippen LogP contribution in [-0.4, -0.2) is 9.78 Å². The standard InChI is InChI=1S/C17H17N3S/c1-13-7-8-17(16(18)11-13)21-12-14-9-10-20(19-14)15-5-3-2-4-6-15/h2-11H,12,18H2,1H3. The molecule has 1 heterocycles. The van der Waals surface area contributed by atoms with Crippen LogP contribution in [0.1, 0.15) is 11.3 Å². The second-order valence-electron chi connectivity index (χ2n) is 4.92. The maximum Gasteiger partial charge on any atom is 0.0731 e. The maximum atomic E-state index is 6.04. The van der Waals surface area contributed by atoms with E-state index in [9.17, 15) is 0 Å². The van der Waals surface area contributed by atoms with E-state index < -0.39 is 0 Å². The predicted molar refractivity (Wildman–Crippen MR) is 88.7 cm³/mol. The minimum Gasteiger partial charge on any atom is -0.398 e. The highest BCUT2D eigenvalue weighted by atomic mass is 32.2. The second kappa shape index (κ2) is 6.06. The third-order valence-electron chi connectivity index (χ3n) is 3.21. The molecule has 0 fully saturated rings. The van der Waals surface area contributed by atoms with E-state index in [1.54, 1.807) is 11.8 Å². The fourth-order valence-corrected chi connectivity index (χ4v) is 2.96. The van der Waals surface area contributed by atoms with Gasteiger partial charge in [-0.25, -0.2) is 4.68 Å². The molecule has 0 aliphatic carbocycles. The maximum absolute atomic E-state index is 6.04. The van der Waals surface area contributed by atoms with Gasteiger partial charge in [0.25, 0.3) is 0 Å². The molecule has 2 N–H and O–H groups in total. The molecule has 0 amide bonds. The van der Waals surface area contributed by atoms with Crippen LogP contribution in [0.3, 0.4) is 0 Å². The Hall–Kier alpha value is -2.20. The van der Waals surface area contributed by atoms with E-state index in [0.29, 0.717) is 0 Å². The molecule has 0 aliphatic rings. The second-order valence-corrected chi connectivity index (χ2v) is 5.93. The highest BCUT2D eigenvalue weighted by Gasteiger charge is 2.04. The van der Waals surface area contributed by atoms with Crippen LogP contribution in [0, 0.1) is 6.92 Å². The minimum absolute atomic E-state index is 0.813. The van der Waals surface area contributed by atoms with Crippen LogP contribution in [0.15, 0.2) is 65.7 Å². The summed E-state index contributed by atoms with van der Waals surface area (Å²) in [6, 6.07) is 18.3. The molecule has 4 heteroatoms. The van der Waals surface area contributed by atoms with Crippen LogP contribution in [0.5, 0.6) is 0 Å². The van der Waals surface area contributed by atoms with Crippen molar-refractivity contribution in [2.24, 2.45) is 0 Å². The van der Waals surface area contributed by atoms with Gasteiger partial charge in [-0.2, -0.15) is 5.10 Å². The number of hydrogen-bond acceptors (Lipinski definition) is 3. The van der Waals surface area contributed by atoms with Crippen molar-refractivity contribution >= 4 is 17.4 Å².